The van der Waals surface area contributed by atoms with Crippen LogP contribution in [0.5, 0.6) is 0 Å². The molecule has 1 N–H and O–H groups in total. The highest BCUT2D eigenvalue weighted by Crippen LogP contribution is 2.21. The lowest BCUT2D eigenvalue weighted by atomic mass is 10.1. The van der Waals surface area contributed by atoms with Gasteiger partial charge < -0.3 is 14.9 Å². The summed E-state index contributed by atoms with van der Waals surface area (Å²) < 4.78 is 0. The molecule has 2 heterocycles. The van der Waals surface area contributed by atoms with Crippen LogP contribution in [0, 0.1) is 0 Å². The van der Waals surface area contributed by atoms with Crippen molar-refractivity contribution in [3.05, 3.63) is 29.8 Å². The second-order valence-corrected chi connectivity index (χ2v) is 7.33. The summed E-state index contributed by atoms with van der Waals surface area (Å²) in [6.07, 6.45) is 0. The fourth-order valence-corrected chi connectivity index (χ4v) is 3.85. The zero-order valence-electron chi connectivity index (χ0n) is 13.9. The Bertz CT molecular complexity index is 608. The van der Waals surface area contributed by atoms with Crippen LogP contribution in [0.2, 0.25) is 0 Å². The number of aliphatic hydroxyl groups is 1. The van der Waals surface area contributed by atoms with E-state index in [2.05, 4.69) is 4.90 Å². The van der Waals surface area contributed by atoms with Crippen molar-refractivity contribution in [3.8, 4) is 0 Å². The first kappa shape index (κ1) is 17.3. The zero-order chi connectivity index (χ0) is 17.1. The van der Waals surface area contributed by atoms with E-state index in [1.807, 2.05) is 31.3 Å². The van der Waals surface area contributed by atoms with E-state index in [0.717, 1.165) is 24.5 Å². The van der Waals surface area contributed by atoms with E-state index in [-0.39, 0.29) is 24.5 Å². The lowest BCUT2D eigenvalue weighted by molar-refractivity contribution is -0.142. The SMILES string of the molecule is CN1CCN2CCN(C(=O)c3ccc(SCCO)cc3)CC2C1=O. The number of carbonyl (C=O) groups is 2. The van der Waals surface area contributed by atoms with Gasteiger partial charge in [0.25, 0.3) is 5.91 Å². The van der Waals surface area contributed by atoms with Gasteiger partial charge in [0.2, 0.25) is 5.91 Å². The standard InChI is InChI=1S/C17H23N3O3S/c1-18-6-7-19-8-9-20(12-15(19)17(18)23)16(22)13-2-4-14(5-3-13)24-11-10-21/h2-5,15,21H,6-12H2,1H3. The Hall–Kier alpha value is -1.57. The molecule has 3 rings (SSSR count). The van der Waals surface area contributed by atoms with Crippen LogP contribution in [0.15, 0.2) is 29.2 Å². The molecule has 0 bridgehead atoms. The van der Waals surface area contributed by atoms with E-state index in [0.29, 0.717) is 24.4 Å². The third-order valence-corrected chi connectivity index (χ3v) is 5.62. The predicted molar refractivity (Wildman–Crippen MR) is 93.2 cm³/mol. The number of fused-ring (bicyclic) bond motifs is 1. The molecule has 1 unspecified atom stereocenters. The van der Waals surface area contributed by atoms with Gasteiger partial charge in [0.15, 0.2) is 0 Å². The molecule has 2 aliphatic rings. The lowest BCUT2D eigenvalue weighted by Crippen LogP contribution is -2.64. The second-order valence-electron chi connectivity index (χ2n) is 6.16. The third kappa shape index (κ3) is 3.58. The van der Waals surface area contributed by atoms with E-state index in [1.54, 1.807) is 21.6 Å². The van der Waals surface area contributed by atoms with Gasteiger partial charge in [0, 0.05) is 56.0 Å². The monoisotopic (exact) mass is 349 g/mol. The second kappa shape index (κ2) is 7.55. The summed E-state index contributed by atoms with van der Waals surface area (Å²) in [6, 6.07) is 7.25. The minimum absolute atomic E-state index is 0.0191. The van der Waals surface area contributed by atoms with E-state index in [1.165, 1.54) is 0 Å². The summed E-state index contributed by atoms with van der Waals surface area (Å²) in [4.78, 5) is 31.8. The number of piperazine rings is 2. The molecule has 1 aromatic carbocycles. The highest BCUT2D eigenvalue weighted by Gasteiger charge is 2.38. The number of rotatable bonds is 4. The van der Waals surface area contributed by atoms with Crippen molar-refractivity contribution in [2.45, 2.75) is 10.9 Å². The van der Waals surface area contributed by atoms with Crippen LogP contribution in [0.1, 0.15) is 10.4 Å². The zero-order valence-corrected chi connectivity index (χ0v) is 14.7. The maximum absolute atomic E-state index is 12.7. The first-order chi connectivity index (χ1) is 11.6. The first-order valence-electron chi connectivity index (χ1n) is 8.22. The van der Waals surface area contributed by atoms with Crippen molar-refractivity contribution in [1.82, 2.24) is 14.7 Å². The minimum atomic E-state index is -0.208. The highest BCUT2D eigenvalue weighted by atomic mass is 32.2. The van der Waals surface area contributed by atoms with Crippen LogP contribution in [-0.2, 0) is 4.79 Å². The number of benzene rings is 1. The van der Waals surface area contributed by atoms with Crippen molar-refractivity contribution in [2.24, 2.45) is 0 Å². The Labute approximate surface area is 146 Å². The molecule has 2 fully saturated rings. The van der Waals surface area contributed by atoms with Crippen LogP contribution >= 0.6 is 11.8 Å². The molecule has 0 aliphatic carbocycles. The number of nitrogens with zero attached hydrogens (tertiary/aromatic N) is 3. The van der Waals surface area contributed by atoms with Crippen LogP contribution in [-0.4, -0.2) is 89.8 Å². The van der Waals surface area contributed by atoms with Crippen LogP contribution in [0.25, 0.3) is 0 Å². The molecule has 7 heteroatoms. The molecule has 1 aromatic rings. The van der Waals surface area contributed by atoms with Crippen LogP contribution in [0.4, 0.5) is 0 Å². The maximum atomic E-state index is 12.7. The molecule has 0 spiro atoms. The number of aliphatic hydroxyl groups excluding tert-OH is 1. The number of thioether (sulfide) groups is 1. The van der Waals surface area contributed by atoms with E-state index >= 15 is 0 Å². The number of hydrogen-bond donors (Lipinski definition) is 1. The van der Waals surface area contributed by atoms with Crippen molar-refractivity contribution in [3.63, 3.8) is 0 Å². The number of amides is 2. The molecule has 130 valence electrons. The Morgan fingerprint density at radius 2 is 1.92 bits per heavy atom. The summed E-state index contributed by atoms with van der Waals surface area (Å²) in [5.41, 5.74) is 0.647. The van der Waals surface area contributed by atoms with E-state index in [9.17, 15) is 9.59 Å². The van der Waals surface area contributed by atoms with E-state index < -0.39 is 0 Å². The van der Waals surface area contributed by atoms with Gasteiger partial charge in [0.05, 0.1) is 6.61 Å². The highest BCUT2D eigenvalue weighted by molar-refractivity contribution is 7.99. The molecule has 24 heavy (non-hydrogen) atoms. The largest absolute Gasteiger partial charge is 0.396 e. The van der Waals surface area contributed by atoms with Gasteiger partial charge in [-0.3, -0.25) is 14.5 Å². The molecule has 0 aromatic heterocycles. The summed E-state index contributed by atoms with van der Waals surface area (Å²) in [5, 5.41) is 8.86. The number of hydrogen-bond acceptors (Lipinski definition) is 5. The minimum Gasteiger partial charge on any atom is -0.396 e. The summed E-state index contributed by atoms with van der Waals surface area (Å²) in [6.45, 7) is 3.65. The average Bonchev–Trinajstić information content (AvgIpc) is 2.63. The van der Waals surface area contributed by atoms with Gasteiger partial charge in [-0.15, -0.1) is 11.8 Å². The van der Waals surface area contributed by atoms with Gasteiger partial charge in [-0.25, -0.2) is 0 Å². The van der Waals surface area contributed by atoms with Crippen LogP contribution < -0.4 is 0 Å². The molecule has 0 saturated carbocycles. The Balaban J connectivity index is 1.66. The smallest absolute Gasteiger partial charge is 0.253 e. The molecule has 0 radical (unpaired) electrons. The normalized spacial score (nSPS) is 21.8. The Morgan fingerprint density at radius 3 is 2.62 bits per heavy atom. The number of carbonyl (C=O) groups excluding carboxylic acids is 2. The molecular weight excluding hydrogens is 326 g/mol. The lowest BCUT2D eigenvalue weighted by Gasteiger charge is -2.45. The van der Waals surface area contributed by atoms with Crippen molar-refractivity contribution < 1.29 is 14.7 Å². The molecule has 2 aliphatic heterocycles. The quantitative estimate of drug-likeness (QED) is 0.796. The average molecular weight is 349 g/mol. The van der Waals surface area contributed by atoms with Crippen molar-refractivity contribution in [2.75, 3.05) is 52.1 Å². The van der Waals surface area contributed by atoms with Gasteiger partial charge in [-0.05, 0) is 24.3 Å². The van der Waals surface area contributed by atoms with E-state index in [4.69, 9.17) is 5.11 Å². The molecule has 1 atom stereocenters. The van der Waals surface area contributed by atoms with Gasteiger partial charge in [-0.1, -0.05) is 0 Å². The molecule has 6 nitrogen and oxygen atoms in total. The Morgan fingerprint density at radius 1 is 1.21 bits per heavy atom. The Kier molecular flexibility index (Phi) is 5.43. The maximum Gasteiger partial charge on any atom is 0.253 e. The number of likely N-dealkylation sites (N-methyl/N-ethyl adjacent to an activating group) is 1. The molecular formula is C17H23N3O3S. The fourth-order valence-electron chi connectivity index (χ4n) is 3.19. The van der Waals surface area contributed by atoms with Crippen LogP contribution in [0.3, 0.4) is 0 Å². The topological polar surface area (TPSA) is 64.1 Å². The fraction of sp³-hybridized carbons (Fsp3) is 0.529. The molecule has 2 amide bonds. The third-order valence-electron chi connectivity index (χ3n) is 4.62. The van der Waals surface area contributed by atoms with Crippen molar-refractivity contribution >= 4 is 23.6 Å². The predicted octanol–water partition coefficient (Wildman–Crippen LogP) is 0.369. The molecule has 2 saturated heterocycles. The van der Waals surface area contributed by atoms with Crippen molar-refractivity contribution in [1.29, 1.82) is 0 Å². The summed E-state index contributed by atoms with van der Waals surface area (Å²) in [7, 11) is 1.82. The first-order valence-corrected chi connectivity index (χ1v) is 9.20. The summed E-state index contributed by atoms with van der Waals surface area (Å²) >= 11 is 1.56. The van der Waals surface area contributed by atoms with Gasteiger partial charge >= 0.3 is 0 Å². The van der Waals surface area contributed by atoms with Gasteiger partial charge in [0.1, 0.15) is 6.04 Å². The van der Waals surface area contributed by atoms with Gasteiger partial charge in [-0.2, -0.15) is 0 Å². The summed E-state index contributed by atoms with van der Waals surface area (Å²) in [5.74, 6) is 0.732.